The largest absolute Gasteiger partial charge is 0.396 e. The summed E-state index contributed by atoms with van der Waals surface area (Å²) in [6, 6.07) is 4.06. The van der Waals surface area contributed by atoms with E-state index < -0.39 is 0 Å². The van der Waals surface area contributed by atoms with Gasteiger partial charge in [0.15, 0.2) is 5.69 Å². The zero-order valence-electron chi connectivity index (χ0n) is 12.8. The summed E-state index contributed by atoms with van der Waals surface area (Å²) in [5.41, 5.74) is 13.7. The smallest absolute Gasteiger partial charge is 0.166 e. The lowest BCUT2D eigenvalue weighted by molar-refractivity contribution is 0.227. The van der Waals surface area contributed by atoms with Gasteiger partial charge in [0.2, 0.25) is 0 Å². The molecule has 6 heteroatoms. The first-order chi connectivity index (χ1) is 10.4. The van der Waals surface area contributed by atoms with Crippen LogP contribution in [0.1, 0.15) is 44.0 Å². The molecule has 3 rings (SSSR count). The number of nitrogens with zero attached hydrogens (tertiary/aromatic N) is 3. The summed E-state index contributed by atoms with van der Waals surface area (Å²) in [5.74, 6) is 1.06. The maximum Gasteiger partial charge on any atom is 0.166 e. The number of nitriles is 1. The van der Waals surface area contributed by atoms with Crippen molar-refractivity contribution in [1.29, 1.82) is 5.26 Å². The first-order valence-electron chi connectivity index (χ1n) is 7.47. The number of rotatable bonds is 3. The molecule has 1 aliphatic carbocycles. The predicted octanol–water partition coefficient (Wildman–Crippen LogP) is 2.11. The van der Waals surface area contributed by atoms with Crippen LogP contribution in [-0.4, -0.2) is 22.1 Å². The van der Waals surface area contributed by atoms with Crippen molar-refractivity contribution in [3.63, 3.8) is 0 Å². The van der Waals surface area contributed by atoms with E-state index in [-0.39, 0.29) is 11.2 Å². The highest BCUT2D eigenvalue weighted by Gasteiger charge is 2.38. The summed E-state index contributed by atoms with van der Waals surface area (Å²) >= 11 is 0. The number of hydrogen-bond acceptors (Lipinski definition) is 6. The lowest BCUT2D eigenvalue weighted by Gasteiger charge is -2.42. The Morgan fingerprint density at radius 1 is 1.45 bits per heavy atom. The molecule has 0 unspecified atom stereocenters. The Kier molecular flexibility index (Phi) is 3.38. The minimum absolute atomic E-state index is 0.0895. The Bertz CT molecular complexity index is 766. The summed E-state index contributed by atoms with van der Waals surface area (Å²) in [6.45, 7) is 4.77. The van der Waals surface area contributed by atoms with Gasteiger partial charge in [-0.1, -0.05) is 0 Å². The molecule has 0 radical (unpaired) electrons. The van der Waals surface area contributed by atoms with E-state index in [9.17, 15) is 0 Å². The Hall–Kier alpha value is -2.39. The summed E-state index contributed by atoms with van der Waals surface area (Å²) in [7, 11) is 0. The molecule has 6 nitrogen and oxygen atoms in total. The Morgan fingerprint density at radius 2 is 2.18 bits per heavy atom. The molecule has 0 saturated heterocycles. The molecular formula is C16H20N6. The molecule has 0 aromatic carbocycles. The Morgan fingerprint density at radius 3 is 2.77 bits per heavy atom. The van der Waals surface area contributed by atoms with Gasteiger partial charge in [-0.3, -0.25) is 4.98 Å². The van der Waals surface area contributed by atoms with Crippen molar-refractivity contribution in [2.45, 2.75) is 38.1 Å². The minimum Gasteiger partial charge on any atom is -0.396 e. The first-order valence-corrected chi connectivity index (χ1v) is 7.47. The van der Waals surface area contributed by atoms with E-state index in [0.29, 0.717) is 17.4 Å². The number of nitrogen functional groups attached to an aromatic ring is 1. The molecule has 1 aliphatic rings. The van der Waals surface area contributed by atoms with E-state index in [1.54, 1.807) is 6.20 Å². The van der Waals surface area contributed by atoms with Crippen molar-refractivity contribution in [2.75, 3.05) is 17.6 Å². The van der Waals surface area contributed by atoms with Crippen molar-refractivity contribution in [1.82, 2.24) is 9.97 Å². The van der Waals surface area contributed by atoms with Gasteiger partial charge in [-0.15, -0.1) is 0 Å². The molecule has 114 valence electrons. The second kappa shape index (κ2) is 5.11. The molecule has 2 aromatic heterocycles. The number of hydrogen-bond donors (Lipinski definition) is 3. The molecule has 2 heterocycles. The second-order valence-corrected chi connectivity index (χ2v) is 6.28. The molecule has 0 bridgehead atoms. The topological polar surface area (TPSA) is 114 Å². The lowest BCUT2D eigenvalue weighted by atomic mass is 9.68. The van der Waals surface area contributed by atoms with Gasteiger partial charge in [0.1, 0.15) is 11.9 Å². The predicted molar refractivity (Wildman–Crippen MR) is 87.4 cm³/mol. The third-order valence-corrected chi connectivity index (χ3v) is 4.24. The molecule has 0 spiro atoms. The van der Waals surface area contributed by atoms with Gasteiger partial charge >= 0.3 is 0 Å². The molecule has 1 saturated carbocycles. The average molecular weight is 296 g/mol. The summed E-state index contributed by atoms with van der Waals surface area (Å²) in [4.78, 5) is 8.86. The number of fused-ring (bicyclic) bond motifs is 1. The van der Waals surface area contributed by atoms with Gasteiger partial charge in [-0.2, -0.15) is 5.26 Å². The lowest BCUT2D eigenvalue weighted by Crippen LogP contribution is -2.48. The molecule has 0 aliphatic heterocycles. The van der Waals surface area contributed by atoms with Crippen LogP contribution < -0.4 is 16.8 Å². The Balaban J connectivity index is 2.11. The van der Waals surface area contributed by atoms with E-state index >= 15 is 0 Å². The van der Waals surface area contributed by atoms with Crippen LogP contribution in [0.4, 0.5) is 11.5 Å². The molecule has 0 amide bonds. The number of anilines is 2. The summed E-state index contributed by atoms with van der Waals surface area (Å²) in [6.07, 6.45) is 3.61. The number of nitrogens with one attached hydrogen (secondary N) is 1. The minimum atomic E-state index is -0.0895. The highest BCUT2D eigenvalue weighted by molar-refractivity contribution is 6.00. The van der Waals surface area contributed by atoms with E-state index in [1.165, 1.54) is 0 Å². The third-order valence-electron chi connectivity index (χ3n) is 4.24. The first kappa shape index (κ1) is 14.5. The molecule has 5 N–H and O–H groups in total. The standard InChI is InChI=1S/C16H20N6/c1-3-20-15-10-4-12(9-5-16(2,19)6-9)21-8-11(10)14(18)13(7-17)22-15/h4,8-9H,3,5-6,18-19H2,1-2H3,(H,20,22). The fourth-order valence-corrected chi connectivity index (χ4v) is 3.13. The van der Waals surface area contributed by atoms with Gasteiger partial charge in [0.05, 0.1) is 5.69 Å². The van der Waals surface area contributed by atoms with Crippen LogP contribution in [0.3, 0.4) is 0 Å². The number of aromatic nitrogens is 2. The normalized spacial score (nSPS) is 23.8. The highest BCUT2D eigenvalue weighted by atomic mass is 15.0. The van der Waals surface area contributed by atoms with Crippen LogP contribution in [0.15, 0.2) is 12.3 Å². The summed E-state index contributed by atoms with van der Waals surface area (Å²) in [5, 5.41) is 14.0. The summed E-state index contributed by atoms with van der Waals surface area (Å²) < 4.78 is 0. The van der Waals surface area contributed by atoms with E-state index in [4.69, 9.17) is 16.7 Å². The third kappa shape index (κ3) is 2.34. The van der Waals surface area contributed by atoms with Crippen LogP contribution in [0.2, 0.25) is 0 Å². The molecule has 22 heavy (non-hydrogen) atoms. The van der Waals surface area contributed by atoms with Gasteiger partial charge in [0, 0.05) is 40.7 Å². The van der Waals surface area contributed by atoms with Crippen molar-refractivity contribution in [3.8, 4) is 6.07 Å². The van der Waals surface area contributed by atoms with Crippen LogP contribution in [0, 0.1) is 11.3 Å². The van der Waals surface area contributed by atoms with Crippen LogP contribution >= 0.6 is 0 Å². The van der Waals surface area contributed by atoms with Crippen LogP contribution in [-0.2, 0) is 0 Å². The zero-order chi connectivity index (χ0) is 15.9. The van der Waals surface area contributed by atoms with Crippen LogP contribution in [0.25, 0.3) is 10.8 Å². The molecule has 2 aromatic rings. The Labute approximate surface area is 129 Å². The van der Waals surface area contributed by atoms with Crippen molar-refractivity contribution >= 4 is 22.3 Å². The van der Waals surface area contributed by atoms with Gasteiger partial charge in [0.25, 0.3) is 0 Å². The highest BCUT2D eigenvalue weighted by Crippen LogP contribution is 2.43. The van der Waals surface area contributed by atoms with Crippen LogP contribution in [0.5, 0.6) is 0 Å². The van der Waals surface area contributed by atoms with Gasteiger partial charge in [-0.05, 0) is 32.8 Å². The molecular weight excluding hydrogens is 276 g/mol. The van der Waals surface area contributed by atoms with Crippen molar-refractivity contribution in [2.24, 2.45) is 5.73 Å². The maximum absolute atomic E-state index is 9.16. The number of nitrogens with two attached hydrogens (primary N) is 2. The van der Waals surface area contributed by atoms with E-state index in [0.717, 1.165) is 35.9 Å². The zero-order valence-corrected chi connectivity index (χ0v) is 12.8. The van der Waals surface area contributed by atoms with Gasteiger partial charge < -0.3 is 16.8 Å². The molecule has 0 atom stereocenters. The second-order valence-electron chi connectivity index (χ2n) is 6.28. The molecule has 1 fully saturated rings. The van der Waals surface area contributed by atoms with Crippen molar-refractivity contribution in [3.05, 3.63) is 23.7 Å². The van der Waals surface area contributed by atoms with Crippen molar-refractivity contribution < 1.29 is 0 Å². The monoisotopic (exact) mass is 296 g/mol. The van der Waals surface area contributed by atoms with Gasteiger partial charge in [-0.25, -0.2) is 4.98 Å². The van der Waals surface area contributed by atoms with E-state index in [2.05, 4.69) is 22.2 Å². The fraction of sp³-hybridized carbons (Fsp3) is 0.438. The average Bonchev–Trinajstić information content (AvgIpc) is 2.47. The van der Waals surface area contributed by atoms with E-state index in [1.807, 2.05) is 19.1 Å². The number of pyridine rings is 2. The SMILES string of the molecule is CCNc1nc(C#N)c(N)c2cnc(C3CC(C)(N)C3)cc12. The fourth-order valence-electron chi connectivity index (χ4n) is 3.13. The maximum atomic E-state index is 9.16. The quantitative estimate of drug-likeness (QED) is 0.799.